The fourth-order valence-corrected chi connectivity index (χ4v) is 3.56. The van der Waals surface area contributed by atoms with Crippen molar-refractivity contribution in [3.8, 4) is 0 Å². The minimum atomic E-state index is 0.319. The van der Waals surface area contributed by atoms with E-state index in [-0.39, 0.29) is 0 Å². The maximum atomic E-state index is 5.84. The van der Waals surface area contributed by atoms with Gasteiger partial charge >= 0.3 is 0 Å². The summed E-state index contributed by atoms with van der Waals surface area (Å²) in [5.41, 5.74) is 0. The lowest BCUT2D eigenvalue weighted by molar-refractivity contribution is 0.0153. The summed E-state index contributed by atoms with van der Waals surface area (Å²) in [5.74, 6) is 2.66. The molecular weight excluding hydrogens is 346 g/mol. The molecule has 2 aliphatic heterocycles. The Morgan fingerprint density at radius 3 is 2.70 bits per heavy atom. The number of pyridine rings is 1. The van der Waals surface area contributed by atoms with Crippen LogP contribution in [-0.2, 0) is 16.1 Å². The second-order valence-corrected chi connectivity index (χ2v) is 6.99. The van der Waals surface area contributed by atoms with E-state index >= 15 is 0 Å². The Hall–Kier alpha value is -2.03. The number of morpholine rings is 1. The van der Waals surface area contributed by atoms with Crippen LogP contribution in [0.25, 0.3) is 0 Å². The summed E-state index contributed by atoms with van der Waals surface area (Å²) in [6, 6.07) is 6.02. The molecule has 0 bridgehead atoms. The van der Waals surface area contributed by atoms with Crippen LogP contribution in [-0.4, -0.2) is 72.6 Å². The third kappa shape index (κ3) is 5.03. The molecule has 4 heterocycles. The average molecular weight is 373 g/mol. The Labute approximate surface area is 159 Å². The number of ether oxygens (including phenoxy) is 2. The molecule has 0 amide bonds. The molecule has 4 rings (SSSR count). The Kier molecular flexibility index (Phi) is 6.28. The van der Waals surface area contributed by atoms with Crippen LogP contribution < -0.4 is 4.90 Å². The van der Waals surface area contributed by atoms with Gasteiger partial charge in [-0.05, 0) is 25.0 Å². The predicted molar refractivity (Wildman–Crippen MR) is 99.6 cm³/mol. The van der Waals surface area contributed by atoms with Gasteiger partial charge in [0.15, 0.2) is 0 Å². The van der Waals surface area contributed by atoms with Crippen LogP contribution in [0.1, 0.15) is 30.5 Å². The monoisotopic (exact) mass is 373 g/mol. The first-order chi connectivity index (χ1) is 13.4. The summed E-state index contributed by atoms with van der Waals surface area (Å²) in [6.07, 6.45) is 3.83. The Balaban J connectivity index is 1.19. The molecule has 0 atom stereocenters. The van der Waals surface area contributed by atoms with Gasteiger partial charge in [-0.25, -0.2) is 4.98 Å². The topological polar surface area (TPSA) is 76.8 Å². The van der Waals surface area contributed by atoms with E-state index in [1.807, 2.05) is 18.3 Å². The third-order valence-electron chi connectivity index (χ3n) is 5.18. The molecule has 2 aliphatic rings. The van der Waals surface area contributed by atoms with Crippen molar-refractivity contribution < 1.29 is 13.9 Å². The number of rotatable bonds is 7. The fourth-order valence-electron chi connectivity index (χ4n) is 3.56. The molecule has 2 fully saturated rings. The molecule has 0 unspecified atom stereocenters. The van der Waals surface area contributed by atoms with Crippen molar-refractivity contribution in [2.75, 3.05) is 57.4 Å². The molecule has 8 heteroatoms. The third-order valence-corrected chi connectivity index (χ3v) is 5.18. The highest BCUT2D eigenvalue weighted by Crippen LogP contribution is 2.29. The molecule has 27 heavy (non-hydrogen) atoms. The van der Waals surface area contributed by atoms with Gasteiger partial charge in [-0.15, -0.1) is 10.2 Å². The number of aromatic nitrogens is 3. The van der Waals surface area contributed by atoms with E-state index in [1.54, 1.807) is 0 Å². The quantitative estimate of drug-likeness (QED) is 0.679. The smallest absolute Gasteiger partial charge is 0.242 e. The van der Waals surface area contributed by atoms with E-state index in [1.165, 1.54) is 0 Å². The van der Waals surface area contributed by atoms with Gasteiger partial charge in [0, 0.05) is 44.8 Å². The molecule has 0 saturated carbocycles. The van der Waals surface area contributed by atoms with E-state index in [0.29, 0.717) is 25.0 Å². The largest absolute Gasteiger partial charge is 0.422 e. The van der Waals surface area contributed by atoms with Gasteiger partial charge in [0.05, 0.1) is 19.8 Å². The fraction of sp³-hybridized carbons (Fsp3) is 0.632. The van der Waals surface area contributed by atoms with Gasteiger partial charge in [-0.1, -0.05) is 6.07 Å². The van der Waals surface area contributed by atoms with Crippen molar-refractivity contribution in [2.45, 2.75) is 25.4 Å². The van der Waals surface area contributed by atoms with Crippen molar-refractivity contribution in [1.82, 2.24) is 20.1 Å². The van der Waals surface area contributed by atoms with Crippen molar-refractivity contribution in [2.24, 2.45) is 0 Å². The summed E-state index contributed by atoms with van der Waals surface area (Å²) < 4.78 is 16.9. The Morgan fingerprint density at radius 1 is 1.07 bits per heavy atom. The van der Waals surface area contributed by atoms with E-state index in [0.717, 1.165) is 70.5 Å². The molecule has 0 radical (unpaired) electrons. The molecule has 0 aromatic carbocycles. The highest BCUT2D eigenvalue weighted by atomic mass is 16.5. The number of anilines is 1. The SMILES string of the molecule is c1ccc(N2CCC(c3nnc(COCCN4CCOCC4)o3)CC2)nc1. The highest BCUT2D eigenvalue weighted by molar-refractivity contribution is 5.38. The van der Waals surface area contributed by atoms with Crippen LogP contribution in [0, 0.1) is 0 Å². The first-order valence-corrected chi connectivity index (χ1v) is 9.74. The minimum absolute atomic E-state index is 0.319. The Bertz CT molecular complexity index is 682. The van der Waals surface area contributed by atoms with Crippen molar-refractivity contribution in [1.29, 1.82) is 0 Å². The zero-order chi connectivity index (χ0) is 18.3. The summed E-state index contributed by atoms with van der Waals surface area (Å²) in [7, 11) is 0. The van der Waals surface area contributed by atoms with Gasteiger partial charge < -0.3 is 18.8 Å². The molecular formula is C19H27N5O3. The van der Waals surface area contributed by atoms with Crippen LogP contribution >= 0.6 is 0 Å². The van der Waals surface area contributed by atoms with Crippen LogP contribution in [0.4, 0.5) is 5.82 Å². The summed E-state index contributed by atoms with van der Waals surface area (Å²) in [6.45, 7) is 7.44. The normalized spacial score (nSPS) is 19.5. The molecule has 0 spiro atoms. The first-order valence-electron chi connectivity index (χ1n) is 9.74. The average Bonchev–Trinajstić information content (AvgIpc) is 3.22. The molecule has 0 N–H and O–H groups in total. The summed E-state index contributed by atoms with van der Waals surface area (Å²) in [5, 5.41) is 8.40. The zero-order valence-electron chi connectivity index (χ0n) is 15.6. The van der Waals surface area contributed by atoms with Gasteiger partial charge in [-0.3, -0.25) is 4.90 Å². The van der Waals surface area contributed by atoms with Gasteiger partial charge in [0.2, 0.25) is 11.8 Å². The predicted octanol–water partition coefficient (Wildman–Crippen LogP) is 1.70. The molecule has 2 aromatic heterocycles. The maximum Gasteiger partial charge on any atom is 0.242 e. The van der Waals surface area contributed by atoms with E-state index in [2.05, 4.69) is 31.0 Å². The lowest BCUT2D eigenvalue weighted by Gasteiger charge is -2.31. The first kappa shape index (κ1) is 18.3. The molecule has 146 valence electrons. The number of hydrogen-bond donors (Lipinski definition) is 0. The minimum Gasteiger partial charge on any atom is -0.422 e. The lowest BCUT2D eigenvalue weighted by atomic mass is 9.97. The van der Waals surface area contributed by atoms with Crippen LogP contribution in [0.3, 0.4) is 0 Å². The zero-order valence-corrected chi connectivity index (χ0v) is 15.6. The molecule has 2 aromatic rings. The van der Waals surface area contributed by atoms with Crippen LogP contribution in [0.15, 0.2) is 28.8 Å². The van der Waals surface area contributed by atoms with E-state index < -0.39 is 0 Å². The van der Waals surface area contributed by atoms with Gasteiger partial charge in [-0.2, -0.15) is 0 Å². The highest BCUT2D eigenvalue weighted by Gasteiger charge is 2.25. The van der Waals surface area contributed by atoms with Crippen molar-refractivity contribution in [3.05, 3.63) is 36.2 Å². The summed E-state index contributed by atoms with van der Waals surface area (Å²) >= 11 is 0. The number of hydrogen-bond acceptors (Lipinski definition) is 8. The molecule has 0 aliphatic carbocycles. The van der Waals surface area contributed by atoms with E-state index in [4.69, 9.17) is 13.9 Å². The number of nitrogens with zero attached hydrogens (tertiary/aromatic N) is 5. The van der Waals surface area contributed by atoms with Crippen LogP contribution in [0.2, 0.25) is 0 Å². The standard InChI is InChI=1S/C19H27N5O3/c1-2-6-20-17(3-1)24-7-4-16(5-8-24)19-22-21-18(27-19)15-26-14-11-23-9-12-25-13-10-23/h1-3,6,16H,4-5,7-15H2. The van der Waals surface area contributed by atoms with E-state index in [9.17, 15) is 0 Å². The second-order valence-electron chi connectivity index (χ2n) is 6.99. The van der Waals surface area contributed by atoms with Crippen LogP contribution in [0.5, 0.6) is 0 Å². The molecule has 2 saturated heterocycles. The second kappa shape index (κ2) is 9.25. The lowest BCUT2D eigenvalue weighted by Crippen LogP contribution is -2.38. The Morgan fingerprint density at radius 2 is 1.93 bits per heavy atom. The van der Waals surface area contributed by atoms with Gasteiger partial charge in [0.25, 0.3) is 0 Å². The van der Waals surface area contributed by atoms with Crippen molar-refractivity contribution in [3.63, 3.8) is 0 Å². The number of piperidine rings is 1. The maximum absolute atomic E-state index is 5.84. The molecule has 8 nitrogen and oxygen atoms in total. The van der Waals surface area contributed by atoms with Crippen molar-refractivity contribution >= 4 is 5.82 Å². The van der Waals surface area contributed by atoms with Gasteiger partial charge in [0.1, 0.15) is 12.4 Å². The summed E-state index contributed by atoms with van der Waals surface area (Å²) in [4.78, 5) is 9.08.